The van der Waals surface area contributed by atoms with Crippen LogP contribution in [0.3, 0.4) is 0 Å². The molecule has 1 heterocycles. The third-order valence-corrected chi connectivity index (χ3v) is 2.82. The Kier molecular flexibility index (Phi) is 3.32. The standard InChI is InChI=1S/C13H15F2N3/c1-8(2)18-7-17-11(13(18)16)9-3-5-10(6-4-9)12(14)15/h3-8,12H,16H2,1-2H3. The van der Waals surface area contributed by atoms with Gasteiger partial charge in [-0.25, -0.2) is 13.8 Å². The van der Waals surface area contributed by atoms with Gasteiger partial charge in [0.15, 0.2) is 0 Å². The second-order valence-electron chi connectivity index (χ2n) is 4.40. The van der Waals surface area contributed by atoms with Crippen molar-refractivity contribution in [1.82, 2.24) is 9.55 Å². The van der Waals surface area contributed by atoms with Crippen LogP contribution in [0, 0.1) is 0 Å². The second kappa shape index (κ2) is 4.76. The van der Waals surface area contributed by atoms with E-state index in [-0.39, 0.29) is 11.6 Å². The summed E-state index contributed by atoms with van der Waals surface area (Å²) in [6.45, 7) is 4.00. The van der Waals surface area contributed by atoms with Gasteiger partial charge >= 0.3 is 0 Å². The number of nitrogens with zero attached hydrogens (tertiary/aromatic N) is 2. The third kappa shape index (κ3) is 2.20. The minimum absolute atomic E-state index is 0.000568. The molecule has 5 heteroatoms. The van der Waals surface area contributed by atoms with Gasteiger partial charge in [0.1, 0.15) is 11.5 Å². The molecule has 3 nitrogen and oxygen atoms in total. The topological polar surface area (TPSA) is 43.8 Å². The van der Waals surface area contributed by atoms with E-state index in [1.807, 2.05) is 18.4 Å². The van der Waals surface area contributed by atoms with Crippen molar-refractivity contribution in [2.24, 2.45) is 0 Å². The van der Waals surface area contributed by atoms with E-state index in [9.17, 15) is 8.78 Å². The number of hydrogen-bond donors (Lipinski definition) is 1. The molecule has 0 saturated carbocycles. The maximum atomic E-state index is 12.4. The molecular formula is C13H15F2N3. The minimum Gasteiger partial charge on any atom is -0.383 e. The van der Waals surface area contributed by atoms with Crippen LogP contribution in [0.5, 0.6) is 0 Å². The number of nitrogen functional groups attached to an aromatic ring is 1. The Morgan fingerprint density at radius 1 is 1.17 bits per heavy atom. The summed E-state index contributed by atoms with van der Waals surface area (Å²) in [6.07, 6.45) is -0.791. The van der Waals surface area contributed by atoms with E-state index in [4.69, 9.17) is 5.73 Å². The molecule has 0 spiro atoms. The molecule has 2 aromatic rings. The SMILES string of the molecule is CC(C)n1cnc(-c2ccc(C(F)F)cc2)c1N. The van der Waals surface area contributed by atoms with Crippen molar-refractivity contribution in [3.05, 3.63) is 36.2 Å². The van der Waals surface area contributed by atoms with Crippen LogP contribution >= 0.6 is 0 Å². The second-order valence-corrected chi connectivity index (χ2v) is 4.40. The van der Waals surface area contributed by atoms with E-state index < -0.39 is 6.43 Å². The Morgan fingerprint density at radius 3 is 2.22 bits per heavy atom. The first kappa shape index (κ1) is 12.5. The molecule has 0 radical (unpaired) electrons. The highest BCUT2D eigenvalue weighted by molar-refractivity contribution is 5.70. The van der Waals surface area contributed by atoms with Crippen LogP contribution in [0.4, 0.5) is 14.6 Å². The van der Waals surface area contributed by atoms with Gasteiger partial charge in [-0.3, -0.25) is 0 Å². The summed E-state index contributed by atoms with van der Waals surface area (Å²) in [4.78, 5) is 4.23. The van der Waals surface area contributed by atoms with E-state index in [0.29, 0.717) is 11.5 Å². The van der Waals surface area contributed by atoms with Crippen LogP contribution in [0.2, 0.25) is 0 Å². The van der Waals surface area contributed by atoms with E-state index in [1.54, 1.807) is 18.5 Å². The molecule has 0 aliphatic heterocycles. The summed E-state index contributed by atoms with van der Waals surface area (Å²) >= 11 is 0. The molecule has 0 saturated heterocycles. The van der Waals surface area contributed by atoms with Gasteiger partial charge in [0.05, 0.1) is 6.33 Å². The van der Waals surface area contributed by atoms with Crippen molar-refractivity contribution in [2.45, 2.75) is 26.3 Å². The number of nitrogens with two attached hydrogens (primary N) is 1. The molecule has 0 fully saturated rings. The Bertz CT molecular complexity index is 530. The van der Waals surface area contributed by atoms with Crippen molar-refractivity contribution < 1.29 is 8.78 Å². The van der Waals surface area contributed by atoms with Crippen molar-refractivity contribution in [1.29, 1.82) is 0 Å². The number of benzene rings is 1. The highest BCUT2D eigenvalue weighted by atomic mass is 19.3. The number of aromatic nitrogens is 2. The molecule has 2 rings (SSSR count). The fraction of sp³-hybridized carbons (Fsp3) is 0.308. The lowest BCUT2D eigenvalue weighted by Gasteiger charge is -2.09. The number of anilines is 1. The average molecular weight is 251 g/mol. The molecule has 0 atom stereocenters. The van der Waals surface area contributed by atoms with Crippen molar-refractivity contribution in [2.75, 3.05) is 5.73 Å². The molecule has 2 N–H and O–H groups in total. The van der Waals surface area contributed by atoms with E-state index in [1.165, 1.54) is 12.1 Å². The van der Waals surface area contributed by atoms with Gasteiger partial charge in [0, 0.05) is 17.2 Å². The van der Waals surface area contributed by atoms with Gasteiger partial charge < -0.3 is 10.3 Å². The molecule has 1 aromatic carbocycles. The Morgan fingerprint density at radius 2 is 1.78 bits per heavy atom. The summed E-state index contributed by atoms with van der Waals surface area (Å²) < 4.78 is 26.7. The maximum Gasteiger partial charge on any atom is 0.263 e. The van der Waals surface area contributed by atoms with Gasteiger partial charge in [-0.05, 0) is 13.8 Å². The highest BCUT2D eigenvalue weighted by Crippen LogP contribution is 2.28. The Labute approximate surface area is 104 Å². The zero-order chi connectivity index (χ0) is 13.3. The number of hydrogen-bond acceptors (Lipinski definition) is 2. The van der Waals surface area contributed by atoms with Crippen molar-refractivity contribution >= 4 is 5.82 Å². The lowest BCUT2D eigenvalue weighted by molar-refractivity contribution is 0.151. The van der Waals surface area contributed by atoms with E-state index in [2.05, 4.69) is 4.98 Å². The van der Waals surface area contributed by atoms with Gasteiger partial charge in [-0.15, -0.1) is 0 Å². The summed E-state index contributed by atoms with van der Waals surface area (Å²) in [6, 6.07) is 6.24. The molecule has 96 valence electrons. The van der Waals surface area contributed by atoms with Crippen LogP contribution in [0.15, 0.2) is 30.6 Å². The normalized spacial score (nSPS) is 11.4. The predicted octanol–water partition coefficient (Wildman–Crippen LogP) is 3.65. The first-order chi connectivity index (χ1) is 8.50. The quantitative estimate of drug-likeness (QED) is 0.904. The highest BCUT2D eigenvalue weighted by Gasteiger charge is 2.13. The summed E-state index contributed by atoms with van der Waals surface area (Å²) in [5, 5.41) is 0. The number of halogens is 2. The smallest absolute Gasteiger partial charge is 0.263 e. The van der Waals surface area contributed by atoms with E-state index >= 15 is 0 Å². The first-order valence-electron chi connectivity index (χ1n) is 5.71. The van der Waals surface area contributed by atoms with Gasteiger partial charge in [-0.1, -0.05) is 24.3 Å². The fourth-order valence-corrected chi connectivity index (χ4v) is 1.79. The van der Waals surface area contributed by atoms with Crippen LogP contribution < -0.4 is 5.73 Å². The molecule has 0 amide bonds. The molecule has 0 aliphatic rings. The van der Waals surface area contributed by atoms with Crippen LogP contribution in [-0.2, 0) is 0 Å². The van der Waals surface area contributed by atoms with Crippen molar-refractivity contribution in [3.8, 4) is 11.3 Å². The first-order valence-corrected chi connectivity index (χ1v) is 5.71. The predicted molar refractivity (Wildman–Crippen MR) is 67.4 cm³/mol. The molecule has 0 aliphatic carbocycles. The van der Waals surface area contributed by atoms with Gasteiger partial charge in [0.25, 0.3) is 6.43 Å². The van der Waals surface area contributed by atoms with Crippen molar-refractivity contribution in [3.63, 3.8) is 0 Å². The zero-order valence-corrected chi connectivity index (χ0v) is 10.3. The molecule has 0 bridgehead atoms. The number of rotatable bonds is 3. The molecule has 18 heavy (non-hydrogen) atoms. The Hall–Kier alpha value is -1.91. The number of alkyl halides is 2. The monoisotopic (exact) mass is 251 g/mol. The molecular weight excluding hydrogens is 236 g/mol. The van der Waals surface area contributed by atoms with Gasteiger partial charge in [0.2, 0.25) is 0 Å². The minimum atomic E-state index is -2.45. The largest absolute Gasteiger partial charge is 0.383 e. The third-order valence-electron chi connectivity index (χ3n) is 2.82. The zero-order valence-electron chi connectivity index (χ0n) is 10.3. The lowest BCUT2D eigenvalue weighted by atomic mass is 10.1. The van der Waals surface area contributed by atoms with Crippen LogP contribution in [0.25, 0.3) is 11.3 Å². The average Bonchev–Trinajstić information content (AvgIpc) is 2.71. The molecule has 1 aromatic heterocycles. The van der Waals surface area contributed by atoms with Crippen LogP contribution in [0.1, 0.15) is 31.9 Å². The summed E-state index contributed by atoms with van der Waals surface area (Å²) in [5.41, 5.74) is 7.36. The van der Waals surface area contributed by atoms with Gasteiger partial charge in [-0.2, -0.15) is 0 Å². The fourth-order valence-electron chi connectivity index (χ4n) is 1.79. The number of imidazole rings is 1. The summed E-state index contributed by atoms with van der Waals surface area (Å²) in [7, 11) is 0. The molecule has 0 unspecified atom stereocenters. The van der Waals surface area contributed by atoms with E-state index in [0.717, 1.165) is 5.56 Å². The summed E-state index contributed by atoms with van der Waals surface area (Å²) in [5.74, 6) is 0.551. The van der Waals surface area contributed by atoms with Crippen LogP contribution in [-0.4, -0.2) is 9.55 Å². The lowest BCUT2D eigenvalue weighted by Crippen LogP contribution is -2.04. The Balaban J connectivity index is 2.37. The maximum absolute atomic E-state index is 12.4.